The molecule has 3 N–H and O–H groups in total. The Hall–Kier alpha value is -1.14. The summed E-state index contributed by atoms with van der Waals surface area (Å²) in [5.41, 5.74) is 3.84. The van der Waals surface area contributed by atoms with Crippen molar-refractivity contribution in [2.24, 2.45) is 11.1 Å². The Labute approximate surface area is 106 Å². The van der Waals surface area contributed by atoms with E-state index in [0.717, 1.165) is 0 Å². The quantitative estimate of drug-likeness (QED) is 0.717. The van der Waals surface area contributed by atoms with Crippen LogP contribution in [0, 0.1) is 5.41 Å². The maximum absolute atomic E-state index is 11.9. The number of aliphatic carboxylic acids is 1. The Bertz CT molecular complexity index is 336. The number of nitrogens with two attached hydrogens (primary N) is 1. The van der Waals surface area contributed by atoms with E-state index in [2.05, 4.69) is 0 Å². The zero-order chi connectivity index (χ0) is 14.0. The molecule has 6 nitrogen and oxygen atoms in total. The first-order valence-corrected chi connectivity index (χ1v) is 5.98. The molecule has 0 radical (unpaired) electrons. The number of carboxylic acids is 1. The highest BCUT2D eigenvalue weighted by Gasteiger charge is 2.45. The molecule has 0 spiro atoms. The average Bonchev–Trinajstić information content (AvgIpc) is 2.26. The molecule has 1 saturated heterocycles. The highest BCUT2D eigenvalue weighted by Crippen LogP contribution is 2.33. The predicted octanol–water partition coefficient (Wildman–Crippen LogP) is 0.537. The maximum atomic E-state index is 11.9. The molecule has 1 aliphatic rings. The lowest BCUT2D eigenvalue weighted by Gasteiger charge is -2.36. The van der Waals surface area contributed by atoms with E-state index >= 15 is 0 Å². The van der Waals surface area contributed by atoms with Crippen molar-refractivity contribution in [3.05, 3.63) is 0 Å². The summed E-state index contributed by atoms with van der Waals surface area (Å²) in [6.45, 7) is 5.45. The van der Waals surface area contributed by atoms with Gasteiger partial charge >= 0.3 is 11.9 Å². The van der Waals surface area contributed by atoms with Gasteiger partial charge in [-0.05, 0) is 27.2 Å². The van der Waals surface area contributed by atoms with E-state index in [0.29, 0.717) is 6.42 Å². The molecule has 2 unspecified atom stereocenters. The van der Waals surface area contributed by atoms with Gasteiger partial charge in [0.05, 0.1) is 5.41 Å². The van der Waals surface area contributed by atoms with Crippen LogP contribution < -0.4 is 5.73 Å². The van der Waals surface area contributed by atoms with Crippen LogP contribution >= 0.6 is 0 Å². The van der Waals surface area contributed by atoms with Crippen LogP contribution in [0.15, 0.2) is 0 Å². The smallest absolute Gasteiger partial charge is 0.335 e. The summed E-state index contributed by atoms with van der Waals surface area (Å²) in [5.74, 6) is -1.51. The second-order valence-corrected chi connectivity index (χ2v) is 5.64. The number of carbonyl (C=O) groups excluding carboxylic acids is 1. The van der Waals surface area contributed by atoms with Gasteiger partial charge in [0.1, 0.15) is 5.60 Å². The fourth-order valence-electron chi connectivity index (χ4n) is 1.90. The molecule has 0 amide bonds. The molecule has 0 aromatic heterocycles. The van der Waals surface area contributed by atoms with Crippen molar-refractivity contribution in [1.82, 2.24) is 0 Å². The molecule has 104 valence electrons. The van der Waals surface area contributed by atoms with Gasteiger partial charge in [-0.25, -0.2) is 4.79 Å². The topological polar surface area (TPSA) is 98.9 Å². The molecule has 0 aliphatic carbocycles. The van der Waals surface area contributed by atoms with E-state index in [1.807, 2.05) is 0 Å². The van der Waals surface area contributed by atoms with Gasteiger partial charge in [0.15, 0.2) is 6.10 Å². The summed E-state index contributed by atoms with van der Waals surface area (Å²) in [7, 11) is 0. The molecule has 0 aromatic rings. The fraction of sp³-hybridized carbons (Fsp3) is 0.833. The minimum absolute atomic E-state index is 0.00894. The predicted molar refractivity (Wildman–Crippen MR) is 63.9 cm³/mol. The monoisotopic (exact) mass is 259 g/mol. The van der Waals surface area contributed by atoms with Gasteiger partial charge in [-0.2, -0.15) is 0 Å². The molecule has 18 heavy (non-hydrogen) atoms. The maximum Gasteiger partial charge on any atom is 0.335 e. The zero-order valence-corrected chi connectivity index (χ0v) is 11.1. The van der Waals surface area contributed by atoms with Crippen molar-refractivity contribution in [3.63, 3.8) is 0 Å². The van der Waals surface area contributed by atoms with E-state index < -0.39 is 29.1 Å². The average molecular weight is 259 g/mol. The molecule has 1 aliphatic heterocycles. The molecule has 1 fully saturated rings. The Morgan fingerprint density at radius 3 is 2.56 bits per heavy atom. The summed E-state index contributed by atoms with van der Waals surface area (Å²) in [6.07, 6.45) is -0.469. The van der Waals surface area contributed by atoms with Crippen molar-refractivity contribution in [3.8, 4) is 0 Å². The summed E-state index contributed by atoms with van der Waals surface area (Å²) in [6, 6.07) is 0. The second-order valence-electron chi connectivity index (χ2n) is 5.64. The van der Waals surface area contributed by atoms with Crippen LogP contribution in [0.2, 0.25) is 0 Å². The van der Waals surface area contributed by atoms with Crippen molar-refractivity contribution in [2.45, 2.75) is 45.3 Å². The minimum atomic E-state index is -1.08. The number of hydrogen-bond acceptors (Lipinski definition) is 5. The third-order valence-electron chi connectivity index (χ3n) is 2.99. The van der Waals surface area contributed by atoms with Gasteiger partial charge in [0.2, 0.25) is 0 Å². The molecule has 1 heterocycles. The van der Waals surface area contributed by atoms with E-state index in [1.54, 1.807) is 20.8 Å². The Morgan fingerprint density at radius 2 is 2.11 bits per heavy atom. The van der Waals surface area contributed by atoms with E-state index in [4.69, 9.17) is 15.2 Å². The Morgan fingerprint density at radius 1 is 1.50 bits per heavy atom. The number of hydrogen-bond donors (Lipinski definition) is 2. The highest BCUT2D eigenvalue weighted by molar-refractivity contribution is 5.79. The molecule has 6 heteroatoms. The van der Waals surface area contributed by atoms with Gasteiger partial charge in [0.25, 0.3) is 0 Å². The standard InChI is InChI=1S/C12H21NO5/c1-11(2,3)18-9(14)8-6-12(7-13,10(15)16)4-5-17-8/h8H,4-7,13H2,1-3H3,(H,15,16). The third kappa shape index (κ3) is 3.43. The van der Waals surface area contributed by atoms with Crippen molar-refractivity contribution in [1.29, 1.82) is 0 Å². The number of ether oxygens (including phenoxy) is 2. The first-order chi connectivity index (χ1) is 8.20. The van der Waals surface area contributed by atoms with Crippen molar-refractivity contribution >= 4 is 11.9 Å². The summed E-state index contributed by atoms with van der Waals surface area (Å²) in [5, 5.41) is 9.23. The van der Waals surface area contributed by atoms with Crippen LogP contribution in [0.5, 0.6) is 0 Å². The van der Waals surface area contributed by atoms with E-state index in [-0.39, 0.29) is 19.6 Å². The zero-order valence-electron chi connectivity index (χ0n) is 11.1. The van der Waals surface area contributed by atoms with Crippen LogP contribution in [-0.2, 0) is 19.1 Å². The van der Waals surface area contributed by atoms with Gasteiger partial charge < -0.3 is 20.3 Å². The molecular formula is C12H21NO5. The largest absolute Gasteiger partial charge is 0.481 e. The van der Waals surface area contributed by atoms with E-state index in [1.165, 1.54) is 0 Å². The normalized spacial score (nSPS) is 28.8. The summed E-state index contributed by atoms with van der Waals surface area (Å²) in [4.78, 5) is 23.1. The Kier molecular flexibility index (Phi) is 4.34. The number of rotatable bonds is 3. The lowest BCUT2D eigenvalue weighted by molar-refractivity contribution is -0.180. The van der Waals surface area contributed by atoms with Gasteiger partial charge in [-0.3, -0.25) is 4.79 Å². The molecule has 1 rings (SSSR count). The van der Waals surface area contributed by atoms with Crippen molar-refractivity contribution in [2.75, 3.05) is 13.2 Å². The number of carboxylic acid groups (broad SMARTS) is 1. The van der Waals surface area contributed by atoms with Crippen molar-refractivity contribution < 1.29 is 24.2 Å². The van der Waals surface area contributed by atoms with Crippen LogP contribution in [-0.4, -0.2) is 41.9 Å². The molecule has 0 bridgehead atoms. The Balaban J connectivity index is 2.75. The van der Waals surface area contributed by atoms with Gasteiger partial charge in [0, 0.05) is 19.6 Å². The summed E-state index contributed by atoms with van der Waals surface area (Å²) >= 11 is 0. The highest BCUT2D eigenvalue weighted by atomic mass is 16.6. The van der Waals surface area contributed by atoms with Crippen LogP contribution in [0.3, 0.4) is 0 Å². The lowest BCUT2D eigenvalue weighted by atomic mass is 9.78. The molecule has 0 aromatic carbocycles. The molecular weight excluding hydrogens is 238 g/mol. The summed E-state index contributed by atoms with van der Waals surface area (Å²) < 4.78 is 10.5. The fourth-order valence-corrected chi connectivity index (χ4v) is 1.90. The van der Waals surface area contributed by atoms with Gasteiger partial charge in [-0.15, -0.1) is 0 Å². The first kappa shape index (κ1) is 14.9. The second kappa shape index (κ2) is 5.24. The van der Waals surface area contributed by atoms with E-state index in [9.17, 15) is 14.7 Å². The molecule has 0 saturated carbocycles. The minimum Gasteiger partial charge on any atom is -0.481 e. The number of esters is 1. The first-order valence-electron chi connectivity index (χ1n) is 5.98. The van der Waals surface area contributed by atoms with Crippen LogP contribution in [0.4, 0.5) is 0 Å². The van der Waals surface area contributed by atoms with Crippen LogP contribution in [0.1, 0.15) is 33.6 Å². The van der Waals surface area contributed by atoms with Gasteiger partial charge in [-0.1, -0.05) is 0 Å². The molecule has 2 atom stereocenters. The lowest BCUT2D eigenvalue weighted by Crippen LogP contribution is -2.49. The SMILES string of the molecule is CC(C)(C)OC(=O)C1CC(CN)(C(=O)O)CCO1. The van der Waals surface area contributed by atoms with Crippen LogP contribution in [0.25, 0.3) is 0 Å². The third-order valence-corrected chi connectivity index (χ3v) is 2.99. The number of carbonyl (C=O) groups is 2.